The SMILES string of the molecule is NCc1ccn2cc(-c3ccc(Br)cc3)nc2c1. The predicted octanol–water partition coefficient (Wildman–Crippen LogP) is 3.22. The van der Waals surface area contributed by atoms with Crippen LogP contribution in [0.5, 0.6) is 0 Å². The maximum Gasteiger partial charge on any atom is 0.137 e. The maximum absolute atomic E-state index is 5.63. The van der Waals surface area contributed by atoms with Gasteiger partial charge in [0, 0.05) is 29.0 Å². The van der Waals surface area contributed by atoms with Crippen LogP contribution in [0.25, 0.3) is 16.9 Å². The molecule has 3 nitrogen and oxygen atoms in total. The normalized spacial score (nSPS) is 11.0. The number of halogens is 1. The highest BCUT2D eigenvalue weighted by molar-refractivity contribution is 9.10. The molecule has 0 amide bonds. The van der Waals surface area contributed by atoms with Gasteiger partial charge in [0.1, 0.15) is 5.65 Å². The smallest absolute Gasteiger partial charge is 0.137 e. The van der Waals surface area contributed by atoms with Crippen molar-refractivity contribution in [3.8, 4) is 11.3 Å². The van der Waals surface area contributed by atoms with E-state index >= 15 is 0 Å². The van der Waals surface area contributed by atoms with E-state index < -0.39 is 0 Å². The fourth-order valence-electron chi connectivity index (χ4n) is 1.91. The molecular weight excluding hydrogens is 290 g/mol. The van der Waals surface area contributed by atoms with E-state index in [1.165, 1.54) is 0 Å². The second-order valence-electron chi connectivity index (χ2n) is 4.14. The first-order chi connectivity index (χ1) is 8.76. The van der Waals surface area contributed by atoms with E-state index in [9.17, 15) is 0 Å². The average Bonchev–Trinajstić information content (AvgIpc) is 2.82. The van der Waals surface area contributed by atoms with Crippen LogP contribution < -0.4 is 5.73 Å². The number of hydrogen-bond acceptors (Lipinski definition) is 2. The zero-order chi connectivity index (χ0) is 12.5. The van der Waals surface area contributed by atoms with Crippen LogP contribution in [0.4, 0.5) is 0 Å². The molecule has 3 rings (SSSR count). The lowest BCUT2D eigenvalue weighted by Crippen LogP contribution is -1.96. The fraction of sp³-hybridized carbons (Fsp3) is 0.0714. The average molecular weight is 302 g/mol. The second-order valence-corrected chi connectivity index (χ2v) is 5.05. The topological polar surface area (TPSA) is 43.3 Å². The molecule has 2 N–H and O–H groups in total. The Bertz CT molecular complexity index is 686. The first-order valence-corrected chi connectivity index (χ1v) is 6.49. The third-order valence-corrected chi connectivity index (χ3v) is 3.43. The Balaban J connectivity index is 2.10. The van der Waals surface area contributed by atoms with Gasteiger partial charge < -0.3 is 10.1 Å². The van der Waals surface area contributed by atoms with Crippen LogP contribution in [-0.4, -0.2) is 9.38 Å². The molecule has 2 heterocycles. The van der Waals surface area contributed by atoms with Crippen molar-refractivity contribution in [1.29, 1.82) is 0 Å². The molecular formula is C14H12BrN3. The summed E-state index contributed by atoms with van der Waals surface area (Å²) in [5, 5.41) is 0. The molecule has 2 aromatic heterocycles. The van der Waals surface area contributed by atoms with Crippen LogP contribution >= 0.6 is 15.9 Å². The van der Waals surface area contributed by atoms with Crippen LogP contribution in [-0.2, 0) is 6.54 Å². The molecule has 0 fully saturated rings. The third-order valence-electron chi connectivity index (χ3n) is 2.90. The molecule has 0 aliphatic rings. The lowest BCUT2D eigenvalue weighted by molar-refractivity contribution is 1.05. The van der Waals surface area contributed by atoms with Gasteiger partial charge in [-0.2, -0.15) is 0 Å². The Morgan fingerprint density at radius 1 is 1.17 bits per heavy atom. The Labute approximate surface area is 113 Å². The van der Waals surface area contributed by atoms with Crippen LogP contribution in [0.2, 0.25) is 0 Å². The Morgan fingerprint density at radius 3 is 2.67 bits per heavy atom. The minimum atomic E-state index is 0.539. The molecule has 0 unspecified atom stereocenters. The highest BCUT2D eigenvalue weighted by Crippen LogP contribution is 2.21. The van der Waals surface area contributed by atoms with Crippen molar-refractivity contribution in [2.75, 3.05) is 0 Å². The summed E-state index contributed by atoms with van der Waals surface area (Å²) in [4.78, 5) is 4.61. The van der Waals surface area contributed by atoms with E-state index in [0.717, 1.165) is 26.9 Å². The number of benzene rings is 1. The zero-order valence-corrected chi connectivity index (χ0v) is 11.3. The van der Waals surface area contributed by atoms with Gasteiger partial charge in [-0.3, -0.25) is 0 Å². The van der Waals surface area contributed by atoms with Crippen molar-refractivity contribution in [2.45, 2.75) is 6.54 Å². The number of nitrogens with two attached hydrogens (primary N) is 1. The molecule has 3 aromatic rings. The maximum atomic E-state index is 5.63. The molecule has 0 bridgehead atoms. The quantitative estimate of drug-likeness (QED) is 0.790. The van der Waals surface area contributed by atoms with Gasteiger partial charge in [-0.25, -0.2) is 4.98 Å². The molecule has 0 aliphatic carbocycles. The molecule has 1 aromatic carbocycles. The number of imidazole rings is 1. The van der Waals surface area contributed by atoms with Crippen molar-refractivity contribution in [1.82, 2.24) is 9.38 Å². The van der Waals surface area contributed by atoms with E-state index in [-0.39, 0.29) is 0 Å². The largest absolute Gasteiger partial charge is 0.326 e. The number of rotatable bonds is 2. The summed E-state index contributed by atoms with van der Waals surface area (Å²) in [5.41, 5.74) is 9.73. The molecule has 0 saturated heterocycles. The van der Waals surface area contributed by atoms with E-state index in [1.807, 2.05) is 41.1 Å². The van der Waals surface area contributed by atoms with E-state index in [4.69, 9.17) is 5.73 Å². The minimum Gasteiger partial charge on any atom is -0.326 e. The summed E-state index contributed by atoms with van der Waals surface area (Å²) in [6, 6.07) is 12.2. The van der Waals surface area contributed by atoms with Crippen LogP contribution in [0.15, 0.2) is 53.3 Å². The number of aromatic nitrogens is 2. The highest BCUT2D eigenvalue weighted by Gasteiger charge is 2.04. The van der Waals surface area contributed by atoms with Gasteiger partial charge in [0.15, 0.2) is 0 Å². The molecule has 90 valence electrons. The van der Waals surface area contributed by atoms with Crippen LogP contribution in [0.1, 0.15) is 5.56 Å². The lowest BCUT2D eigenvalue weighted by atomic mass is 10.2. The van der Waals surface area contributed by atoms with Gasteiger partial charge in [-0.1, -0.05) is 28.1 Å². The Morgan fingerprint density at radius 2 is 1.94 bits per heavy atom. The van der Waals surface area contributed by atoms with E-state index in [1.54, 1.807) is 0 Å². The van der Waals surface area contributed by atoms with Crippen molar-refractivity contribution in [2.24, 2.45) is 5.73 Å². The van der Waals surface area contributed by atoms with Gasteiger partial charge in [-0.15, -0.1) is 0 Å². The fourth-order valence-corrected chi connectivity index (χ4v) is 2.18. The van der Waals surface area contributed by atoms with Gasteiger partial charge in [0.25, 0.3) is 0 Å². The number of hydrogen-bond donors (Lipinski definition) is 1. The standard InChI is InChI=1S/C14H12BrN3/c15-12-3-1-11(2-4-12)13-9-18-6-5-10(8-16)7-14(18)17-13/h1-7,9H,8,16H2. The second kappa shape index (κ2) is 4.55. The summed E-state index contributed by atoms with van der Waals surface area (Å²) < 4.78 is 3.08. The first kappa shape index (κ1) is 11.4. The Kier molecular flexibility index (Phi) is 2.89. The van der Waals surface area contributed by atoms with Crippen molar-refractivity contribution in [3.05, 3.63) is 58.8 Å². The summed E-state index contributed by atoms with van der Waals surface area (Å²) in [6.45, 7) is 0.539. The minimum absolute atomic E-state index is 0.539. The summed E-state index contributed by atoms with van der Waals surface area (Å²) in [7, 11) is 0. The summed E-state index contributed by atoms with van der Waals surface area (Å²) in [6.07, 6.45) is 4.02. The predicted molar refractivity (Wildman–Crippen MR) is 76.2 cm³/mol. The van der Waals surface area contributed by atoms with Gasteiger partial charge in [-0.05, 0) is 29.8 Å². The molecule has 0 aliphatic heterocycles. The molecule has 0 radical (unpaired) electrons. The lowest BCUT2D eigenvalue weighted by Gasteiger charge is -1.96. The Hall–Kier alpha value is -1.65. The van der Waals surface area contributed by atoms with Gasteiger partial charge in [0.2, 0.25) is 0 Å². The first-order valence-electron chi connectivity index (χ1n) is 5.70. The van der Waals surface area contributed by atoms with Crippen LogP contribution in [0, 0.1) is 0 Å². The van der Waals surface area contributed by atoms with Crippen LogP contribution in [0.3, 0.4) is 0 Å². The molecule has 0 saturated carbocycles. The van der Waals surface area contributed by atoms with Gasteiger partial charge >= 0.3 is 0 Å². The highest BCUT2D eigenvalue weighted by atomic mass is 79.9. The number of nitrogens with zero attached hydrogens (tertiary/aromatic N) is 2. The van der Waals surface area contributed by atoms with E-state index in [0.29, 0.717) is 6.54 Å². The number of fused-ring (bicyclic) bond motifs is 1. The summed E-state index contributed by atoms with van der Waals surface area (Å²) >= 11 is 3.43. The third kappa shape index (κ3) is 2.05. The number of pyridine rings is 1. The van der Waals surface area contributed by atoms with Crippen molar-refractivity contribution >= 4 is 21.6 Å². The van der Waals surface area contributed by atoms with Gasteiger partial charge in [0.05, 0.1) is 5.69 Å². The van der Waals surface area contributed by atoms with Crippen molar-refractivity contribution < 1.29 is 0 Å². The monoisotopic (exact) mass is 301 g/mol. The molecule has 4 heteroatoms. The molecule has 18 heavy (non-hydrogen) atoms. The summed E-state index contributed by atoms with van der Waals surface area (Å²) in [5.74, 6) is 0. The van der Waals surface area contributed by atoms with Crippen molar-refractivity contribution in [3.63, 3.8) is 0 Å². The molecule has 0 spiro atoms. The molecule has 0 atom stereocenters. The van der Waals surface area contributed by atoms with E-state index in [2.05, 4.69) is 33.0 Å². The zero-order valence-electron chi connectivity index (χ0n) is 9.68.